The van der Waals surface area contributed by atoms with Crippen LogP contribution in [0, 0.1) is 0 Å². The first kappa shape index (κ1) is 27.7. The van der Waals surface area contributed by atoms with Crippen LogP contribution in [0.4, 0.5) is 20.4 Å². The Kier molecular flexibility index (Phi) is 8.95. The summed E-state index contributed by atoms with van der Waals surface area (Å²) in [6.07, 6.45) is -2.83. The van der Waals surface area contributed by atoms with Gasteiger partial charge in [-0.3, -0.25) is 4.57 Å². The Morgan fingerprint density at radius 2 is 1.72 bits per heavy atom. The molecular formula is C25H31F2N7O3S2. The number of halogens is 2. The Bertz CT molecular complexity index is 1300. The van der Waals surface area contributed by atoms with Crippen molar-refractivity contribution in [3.8, 4) is 11.7 Å². The smallest absolute Gasteiger partial charge is 0.296 e. The van der Waals surface area contributed by atoms with E-state index in [2.05, 4.69) is 19.7 Å². The van der Waals surface area contributed by atoms with Crippen LogP contribution in [0.1, 0.15) is 12.2 Å². The second-order valence-electron chi connectivity index (χ2n) is 9.00. The minimum atomic E-state index is -2.83. The van der Waals surface area contributed by atoms with Crippen molar-refractivity contribution >= 4 is 51.0 Å². The molecule has 0 N–H and O–H groups in total. The third kappa shape index (κ3) is 6.03. The number of thioether (sulfide) groups is 1. The summed E-state index contributed by atoms with van der Waals surface area (Å²) < 4.78 is 46.8. The van der Waals surface area contributed by atoms with E-state index in [1.807, 2.05) is 6.07 Å². The predicted octanol–water partition coefficient (Wildman–Crippen LogP) is 3.38. The Balaban J connectivity index is 1.50. The van der Waals surface area contributed by atoms with Gasteiger partial charge in [0, 0.05) is 58.2 Å². The Morgan fingerprint density at radius 1 is 1.03 bits per heavy atom. The number of hydrogen-bond donors (Lipinski definition) is 0. The molecule has 2 aliphatic heterocycles. The number of aromatic nitrogens is 4. The SMILES string of the molecule is COCCSC(=S)N1CCN(c2cc(N3CCOCC3)nc(-n3c(C(F)F)nc4c(OC)cccc43)n2)CC1. The van der Waals surface area contributed by atoms with Crippen molar-refractivity contribution in [2.75, 3.05) is 88.9 Å². The van der Waals surface area contributed by atoms with Gasteiger partial charge >= 0.3 is 0 Å². The normalized spacial score (nSPS) is 16.4. The van der Waals surface area contributed by atoms with E-state index in [-0.39, 0.29) is 5.95 Å². The number of morpholine rings is 1. The average molecular weight is 580 g/mol. The van der Waals surface area contributed by atoms with Crippen molar-refractivity contribution in [3.63, 3.8) is 0 Å². The molecule has 0 saturated carbocycles. The number of methoxy groups -OCH3 is 2. The molecule has 2 fully saturated rings. The van der Waals surface area contributed by atoms with Gasteiger partial charge in [-0.1, -0.05) is 30.0 Å². The Hall–Kier alpha value is -2.81. The highest BCUT2D eigenvalue weighted by molar-refractivity contribution is 8.22. The van der Waals surface area contributed by atoms with Crippen molar-refractivity contribution < 1.29 is 23.0 Å². The number of fused-ring (bicyclic) bond motifs is 1. The van der Waals surface area contributed by atoms with Crippen LogP contribution in [0.15, 0.2) is 24.3 Å². The maximum Gasteiger partial charge on any atom is 0.296 e. The molecule has 0 radical (unpaired) electrons. The molecule has 2 saturated heterocycles. The molecule has 210 valence electrons. The van der Waals surface area contributed by atoms with Crippen LogP contribution in [0.5, 0.6) is 5.75 Å². The van der Waals surface area contributed by atoms with Gasteiger partial charge < -0.3 is 28.9 Å². The zero-order chi connectivity index (χ0) is 27.4. The number of ether oxygens (including phenoxy) is 3. The van der Waals surface area contributed by atoms with E-state index in [1.165, 1.54) is 11.7 Å². The summed E-state index contributed by atoms with van der Waals surface area (Å²) in [5.41, 5.74) is 0.795. The molecule has 2 aliphatic rings. The quantitative estimate of drug-likeness (QED) is 0.291. The van der Waals surface area contributed by atoms with Gasteiger partial charge in [-0.05, 0) is 12.1 Å². The standard InChI is InChI=1S/C25H31F2N7O3S2/c1-35-14-15-39-25(38)33-8-6-31(7-9-33)19-16-20(32-10-12-37-13-11-32)29-24(28-19)34-17-4-3-5-18(36-2)21(17)30-23(34)22(26)27/h3-5,16,22H,6-15H2,1-2H3. The van der Waals surface area contributed by atoms with Gasteiger partial charge in [0.15, 0.2) is 5.82 Å². The number of nitrogens with zero attached hydrogens (tertiary/aromatic N) is 7. The number of anilines is 2. The third-order valence-corrected chi connectivity index (χ3v) is 8.17. The summed E-state index contributed by atoms with van der Waals surface area (Å²) in [4.78, 5) is 20.2. The topological polar surface area (TPSA) is 81.0 Å². The van der Waals surface area contributed by atoms with Crippen molar-refractivity contribution in [2.45, 2.75) is 6.43 Å². The first-order valence-corrected chi connectivity index (χ1v) is 14.1. The number of thiocarbonyl (C=S) groups is 1. The maximum atomic E-state index is 14.3. The highest BCUT2D eigenvalue weighted by Gasteiger charge is 2.27. The largest absolute Gasteiger partial charge is 0.494 e. The van der Waals surface area contributed by atoms with Crippen LogP contribution in [0.3, 0.4) is 0 Å². The second kappa shape index (κ2) is 12.6. The lowest BCUT2D eigenvalue weighted by molar-refractivity contribution is 0.122. The van der Waals surface area contributed by atoms with Crippen LogP contribution in [-0.2, 0) is 9.47 Å². The molecule has 1 aromatic carbocycles. The Morgan fingerprint density at radius 3 is 2.36 bits per heavy atom. The van der Waals surface area contributed by atoms with E-state index in [0.717, 1.165) is 23.2 Å². The van der Waals surface area contributed by atoms with Gasteiger partial charge in [-0.15, -0.1) is 0 Å². The zero-order valence-electron chi connectivity index (χ0n) is 21.9. The number of hydrogen-bond acceptors (Lipinski definition) is 10. The fourth-order valence-electron chi connectivity index (χ4n) is 4.66. The number of imidazole rings is 1. The molecule has 0 spiro atoms. The Labute approximate surface area is 235 Å². The first-order chi connectivity index (χ1) is 19.0. The summed E-state index contributed by atoms with van der Waals surface area (Å²) in [6, 6.07) is 7.09. The van der Waals surface area contributed by atoms with Crippen LogP contribution >= 0.6 is 24.0 Å². The molecular weight excluding hydrogens is 548 g/mol. The fourth-order valence-corrected chi connectivity index (χ4v) is 5.88. The van der Waals surface area contributed by atoms with E-state index in [4.69, 9.17) is 36.4 Å². The minimum Gasteiger partial charge on any atom is -0.494 e. The lowest BCUT2D eigenvalue weighted by Crippen LogP contribution is -2.48. The molecule has 4 heterocycles. The molecule has 0 aliphatic carbocycles. The zero-order valence-corrected chi connectivity index (χ0v) is 23.5. The van der Waals surface area contributed by atoms with Crippen LogP contribution in [-0.4, -0.2) is 108 Å². The molecule has 0 atom stereocenters. The van der Waals surface area contributed by atoms with Crippen molar-refractivity contribution in [2.24, 2.45) is 0 Å². The number of benzene rings is 1. The number of piperazine rings is 1. The number of para-hydroxylation sites is 1. The van der Waals surface area contributed by atoms with Crippen LogP contribution < -0.4 is 14.5 Å². The fraction of sp³-hybridized carbons (Fsp3) is 0.520. The van der Waals surface area contributed by atoms with E-state index < -0.39 is 12.2 Å². The molecule has 14 heteroatoms. The van der Waals surface area contributed by atoms with E-state index in [1.54, 1.807) is 37.1 Å². The van der Waals surface area contributed by atoms with Gasteiger partial charge in [-0.2, -0.15) is 9.97 Å². The molecule has 0 bridgehead atoms. The summed E-state index contributed by atoms with van der Waals surface area (Å²) in [5.74, 6) is 2.27. The van der Waals surface area contributed by atoms with Crippen molar-refractivity contribution in [3.05, 3.63) is 30.1 Å². The van der Waals surface area contributed by atoms with Gasteiger partial charge in [0.2, 0.25) is 5.95 Å². The van der Waals surface area contributed by atoms with Crippen molar-refractivity contribution in [1.82, 2.24) is 24.4 Å². The highest BCUT2D eigenvalue weighted by atomic mass is 32.2. The summed E-state index contributed by atoms with van der Waals surface area (Å²) in [5, 5.41) is 0. The predicted molar refractivity (Wildman–Crippen MR) is 152 cm³/mol. The van der Waals surface area contributed by atoms with Gasteiger partial charge in [0.25, 0.3) is 6.43 Å². The molecule has 2 aromatic heterocycles. The molecule has 0 unspecified atom stereocenters. The monoisotopic (exact) mass is 579 g/mol. The molecule has 10 nitrogen and oxygen atoms in total. The van der Waals surface area contributed by atoms with E-state index in [0.29, 0.717) is 74.4 Å². The maximum absolute atomic E-state index is 14.3. The minimum absolute atomic E-state index is 0.146. The lowest BCUT2D eigenvalue weighted by Gasteiger charge is -2.37. The highest BCUT2D eigenvalue weighted by Crippen LogP contribution is 2.33. The van der Waals surface area contributed by atoms with Gasteiger partial charge in [-0.25, -0.2) is 13.8 Å². The molecule has 5 rings (SSSR count). The molecule has 3 aromatic rings. The summed E-state index contributed by atoms with van der Waals surface area (Å²) in [7, 11) is 3.17. The van der Waals surface area contributed by atoms with Gasteiger partial charge in [0.1, 0.15) is 27.2 Å². The molecule has 0 amide bonds. The van der Waals surface area contributed by atoms with Gasteiger partial charge in [0.05, 0.1) is 32.4 Å². The molecule has 39 heavy (non-hydrogen) atoms. The van der Waals surface area contributed by atoms with Crippen LogP contribution in [0.2, 0.25) is 0 Å². The van der Waals surface area contributed by atoms with E-state index >= 15 is 0 Å². The summed E-state index contributed by atoms with van der Waals surface area (Å²) in [6.45, 7) is 5.92. The number of rotatable bonds is 8. The average Bonchev–Trinajstić information content (AvgIpc) is 3.38. The van der Waals surface area contributed by atoms with Crippen molar-refractivity contribution in [1.29, 1.82) is 0 Å². The number of alkyl halides is 2. The lowest BCUT2D eigenvalue weighted by atomic mass is 10.3. The summed E-state index contributed by atoms with van der Waals surface area (Å²) >= 11 is 7.22. The van der Waals surface area contributed by atoms with Crippen LogP contribution in [0.25, 0.3) is 17.0 Å². The first-order valence-electron chi connectivity index (χ1n) is 12.7. The second-order valence-corrected chi connectivity index (χ2v) is 10.7. The van der Waals surface area contributed by atoms with E-state index in [9.17, 15) is 8.78 Å². The third-order valence-electron chi connectivity index (χ3n) is 6.69.